The summed E-state index contributed by atoms with van der Waals surface area (Å²) in [5.41, 5.74) is 0.222. The predicted octanol–water partition coefficient (Wildman–Crippen LogP) is 2.06. The van der Waals surface area contributed by atoms with Crippen LogP contribution < -0.4 is 0 Å². The van der Waals surface area contributed by atoms with Gasteiger partial charge in [-0.25, -0.2) is 0 Å². The molecule has 2 atom stereocenters. The fourth-order valence-corrected chi connectivity index (χ4v) is 2.37. The van der Waals surface area contributed by atoms with E-state index in [0.717, 1.165) is 11.8 Å². The van der Waals surface area contributed by atoms with Gasteiger partial charge in [0.1, 0.15) is 6.10 Å². The summed E-state index contributed by atoms with van der Waals surface area (Å²) in [6, 6.07) is 0. The molecule has 0 saturated heterocycles. The molecule has 0 fully saturated rings. The van der Waals surface area contributed by atoms with Gasteiger partial charge in [0.05, 0.1) is 16.1 Å². The Labute approximate surface area is 113 Å². The van der Waals surface area contributed by atoms with E-state index in [1.807, 2.05) is 0 Å². The number of carbonyl (C=O) groups excluding carboxylic acids is 1. The third-order valence-corrected chi connectivity index (χ3v) is 3.53. The maximum atomic E-state index is 10.7. The van der Waals surface area contributed by atoms with Crippen molar-refractivity contribution >= 4 is 40.1 Å². The fraction of sp³-hybridized carbons (Fsp3) is 0.400. The maximum absolute atomic E-state index is 10.7. The first-order chi connectivity index (χ1) is 7.93. The summed E-state index contributed by atoms with van der Waals surface area (Å²) in [5, 5.41) is 19.8. The fourth-order valence-electron chi connectivity index (χ4n) is 1.19. The van der Waals surface area contributed by atoms with Gasteiger partial charge in [0.15, 0.2) is 5.12 Å². The zero-order valence-corrected chi connectivity index (χ0v) is 11.3. The predicted molar refractivity (Wildman–Crippen MR) is 68.4 cm³/mol. The molecule has 0 saturated carbocycles. The maximum Gasteiger partial charge on any atom is 0.185 e. The van der Waals surface area contributed by atoms with Gasteiger partial charge in [-0.05, 0) is 0 Å². The molecule has 2 N–H and O–H groups in total. The lowest BCUT2D eigenvalue weighted by Gasteiger charge is -2.19. The highest BCUT2D eigenvalue weighted by molar-refractivity contribution is 8.13. The molecule has 0 spiro atoms. The van der Waals surface area contributed by atoms with Crippen molar-refractivity contribution in [3.05, 3.63) is 28.0 Å². The molecule has 0 bridgehead atoms. The van der Waals surface area contributed by atoms with Crippen LogP contribution in [0.4, 0.5) is 0 Å². The Balaban J connectivity index is 2.81. The van der Waals surface area contributed by atoms with Crippen LogP contribution in [0, 0.1) is 0 Å². The number of aliphatic hydroxyl groups excluding tert-OH is 2. The van der Waals surface area contributed by atoms with Gasteiger partial charge in [-0.3, -0.25) is 9.78 Å². The number of hydrogen-bond acceptors (Lipinski definition) is 5. The molecule has 2 unspecified atom stereocenters. The van der Waals surface area contributed by atoms with Crippen LogP contribution in [0.2, 0.25) is 10.0 Å². The van der Waals surface area contributed by atoms with Crippen molar-refractivity contribution in [2.24, 2.45) is 0 Å². The monoisotopic (exact) mass is 295 g/mol. The van der Waals surface area contributed by atoms with Crippen LogP contribution in [-0.2, 0) is 4.79 Å². The first-order valence-corrected chi connectivity index (χ1v) is 6.46. The molecule has 0 aliphatic heterocycles. The highest BCUT2D eigenvalue weighted by atomic mass is 35.5. The van der Waals surface area contributed by atoms with Gasteiger partial charge in [-0.15, -0.1) is 0 Å². The lowest BCUT2D eigenvalue weighted by atomic mass is 10.1. The Morgan fingerprint density at radius 3 is 2.41 bits per heavy atom. The minimum absolute atomic E-state index is 0.0749. The van der Waals surface area contributed by atoms with Gasteiger partial charge < -0.3 is 10.2 Å². The summed E-state index contributed by atoms with van der Waals surface area (Å²) in [4.78, 5) is 14.5. The summed E-state index contributed by atoms with van der Waals surface area (Å²) >= 11 is 12.6. The Morgan fingerprint density at radius 2 is 1.94 bits per heavy atom. The SMILES string of the molecule is CC(=O)SCC(O)C(O)c1c(Cl)cncc1Cl. The quantitative estimate of drug-likeness (QED) is 0.890. The van der Waals surface area contributed by atoms with E-state index in [9.17, 15) is 15.0 Å². The first-order valence-electron chi connectivity index (χ1n) is 4.72. The molecule has 1 aromatic rings. The van der Waals surface area contributed by atoms with Gasteiger partial charge in [0, 0.05) is 30.6 Å². The number of halogens is 2. The summed E-state index contributed by atoms with van der Waals surface area (Å²) in [6.07, 6.45) is 0.291. The highest BCUT2D eigenvalue weighted by Crippen LogP contribution is 2.31. The number of aromatic nitrogens is 1. The van der Waals surface area contributed by atoms with E-state index in [2.05, 4.69) is 4.98 Å². The van der Waals surface area contributed by atoms with E-state index < -0.39 is 12.2 Å². The van der Waals surface area contributed by atoms with Crippen LogP contribution in [0.25, 0.3) is 0 Å². The number of pyridine rings is 1. The lowest BCUT2D eigenvalue weighted by molar-refractivity contribution is -0.109. The molecule has 0 aromatic carbocycles. The molecule has 1 aromatic heterocycles. The minimum Gasteiger partial charge on any atom is -0.389 e. The third-order valence-electron chi connectivity index (χ3n) is 2.01. The zero-order valence-electron chi connectivity index (χ0n) is 8.93. The van der Waals surface area contributed by atoms with E-state index in [-0.39, 0.29) is 26.5 Å². The standard InChI is InChI=1S/C10H11Cl2NO3S/c1-5(14)17-4-8(15)10(16)9-6(11)2-13-3-7(9)12/h2-3,8,10,15-16H,4H2,1H3. The topological polar surface area (TPSA) is 70.4 Å². The van der Waals surface area contributed by atoms with Gasteiger partial charge in [0.25, 0.3) is 0 Å². The van der Waals surface area contributed by atoms with Crippen LogP contribution in [0.1, 0.15) is 18.6 Å². The van der Waals surface area contributed by atoms with Gasteiger partial charge in [-0.2, -0.15) is 0 Å². The van der Waals surface area contributed by atoms with Crippen LogP contribution >= 0.6 is 35.0 Å². The normalized spacial score (nSPS) is 14.4. The molecule has 1 rings (SSSR count). The molecular weight excluding hydrogens is 285 g/mol. The molecule has 0 aliphatic rings. The number of hydrogen-bond donors (Lipinski definition) is 2. The van der Waals surface area contributed by atoms with E-state index >= 15 is 0 Å². The highest BCUT2D eigenvalue weighted by Gasteiger charge is 2.24. The molecule has 0 radical (unpaired) electrons. The largest absolute Gasteiger partial charge is 0.389 e. The van der Waals surface area contributed by atoms with E-state index in [0.29, 0.717) is 0 Å². The van der Waals surface area contributed by atoms with Crippen LogP contribution in [0.5, 0.6) is 0 Å². The van der Waals surface area contributed by atoms with E-state index in [1.54, 1.807) is 0 Å². The van der Waals surface area contributed by atoms with Crippen molar-refractivity contribution in [2.45, 2.75) is 19.1 Å². The molecule has 17 heavy (non-hydrogen) atoms. The smallest absolute Gasteiger partial charge is 0.185 e. The number of nitrogens with zero attached hydrogens (tertiary/aromatic N) is 1. The summed E-state index contributed by atoms with van der Waals surface area (Å²) in [7, 11) is 0. The van der Waals surface area contributed by atoms with Crippen molar-refractivity contribution in [3.8, 4) is 0 Å². The van der Waals surface area contributed by atoms with Crippen molar-refractivity contribution in [2.75, 3.05) is 5.75 Å². The summed E-state index contributed by atoms with van der Waals surface area (Å²) in [6.45, 7) is 1.39. The van der Waals surface area contributed by atoms with E-state index in [4.69, 9.17) is 23.2 Å². The van der Waals surface area contributed by atoms with Gasteiger partial charge in [-0.1, -0.05) is 35.0 Å². The number of thioether (sulfide) groups is 1. The third kappa shape index (κ3) is 4.12. The summed E-state index contributed by atoms with van der Waals surface area (Å²) in [5.74, 6) is 0.0749. The summed E-state index contributed by atoms with van der Waals surface area (Å²) < 4.78 is 0. The van der Waals surface area contributed by atoms with Crippen molar-refractivity contribution < 1.29 is 15.0 Å². The molecular formula is C10H11Cl2NO3S. The zero-order chi connectivity index (χ0) is 13.0. The van der Waals surface area contributed by atoms with Crippen LogP contribution in [0.15, 0.2) is 12.4 Å². The Bertz CT molecular complexity index is 396. The first kappa shape index (κ1) is 14.7. The second-order valence-electron chi connectivity index (χ2n) is 3.33. The number of aliphatic hydroxyl groups is 2. The average Bonchev–Trinajstić information content (AvgIpc) is 2.25. The minimum atomic E-state index is -1.25. The molecule has 94 valence electrons. The van der Waals surface area contributed by atoms with Crippen molar-refractivity contribution in [1.82, 2.24) is 4.98 Å². The Hall–Kier alpha value is -0.330. The molecule has 0 aliphatic carbocycles. The number of carbonyl (C=O) groups is 1. The van der Waals surface area contributed by atoms with E-state index in [1.165, 1.54) is 19.3 Å². The average molecular weight is 296 g/mol. The van der Waals surface area contributed by atoms with Crippen molar-refractivity contribution in [1.29, 1.82) is 0 Å². The number of rotatable bonds is 4. The van der Waals surface area contributed by atoms with Crippen LogP contribution in [0.3, 0.4) is 0 Å². The molecule has 1 heterocycles. The van der Waals surface area contributed by atoms with Gasteiger partial charge >= 0.3 is 0 Å². The molecule has 7 heteroatoms. The second kappa shape index (κ2) is 6.56. The second-order valence-corrected chi connectivity index (χ2v) is 5.34. The van der Waals surface area contributed by atoms with Gasteiger partial charge in [0.2, 0.25) is 0 Å². The lowest BCUT2D eigenvalue weighted by Crippen LogP contribution is -2.22. The van der Waals surface area contributed by atoms with Crippen molar-refractivity contribution in [3.63, 3.8) is 0 Å². The molecule has 0 amide bonds. The Kier molecular flexibility index (Phi) is 5.69. The van der Waals surface area contributed by atoms with Crippen LogP contribution in [-0.4, -0.2) is 32.2 Å². The Morgan fingerprint density at radius 1 is 1.41 bits per heavy atom. The molecule has 4 nitrogen and oxygen atoms in total.